The van der Waals surface area contributed by atoms with Crippen molar-refractivity contribution in [2.24, 2.45) is 5.92 Å². The summed E-state index contributed by atoms with van der Waals surface area (Å²) in [5.41, 5.74) is 1.59. The van der Waals surface area contributed by atoms with Gasteiger partial charge in [-0.1, -0.05) is 6.92 Å². The Hall–Kier alpha value is -0.380. The highest BCUT2D eigenvalue weighted by molar-refractivity contribution is 7.10. The Bertz CT molecular complexity index is 388. The summed E-state index contributed by atoms with van der Waals surface area (Å²) in [7, 11) is 0. The largest absolute Gasteiger partial charge is 0.310 e. The second-order valence-corrected chi connectivity index (χ2v) is 6.70. The molecule has 0 saturated carbocycles. The van der Waals surface area contributed by atoms with Crippen LogP contribution in [0.3, 0.4) is 0 Å². The van der Waals surface area contributed by atoms with Crippen LogP contribution in [0.5, 0.6) is 0 Å². The van der Waals surface area contributed by atoms with Crippen molar-refractivity contribution in [1.29, 1.82) is 0 Å². The Labute approximate surface area is 114 Å². The number of nitrogens with zero attached hydrogens (tertiary/aromatic N) is 1. The summed E-state index contributed by atoms with van der Waals surface area (Å²) < 4.78 is 0. The molecule has 0 radical (unpaired) electrons. The molecule has 1 aliphatic heterocycles. The number of likely N-dealkylation sites (tertiary alicyclic amines) is 1. The molecule has 1 aromatic heterocycles. The predicted octanol–water partition coefficient (Wildman–Crippen LogP) is 3.06. The second kappa shape index (κ2) is 5.72. The van der Waals surface area contributed by atoms with Gasteiger partial charge in [-0.15, -0.1) is 11.3 Å². The lowest BCUT2D eigenvalue weighted by molar-refractivity contribution is 0.332. The Morgan fingerprint density at radius 3 is 3.22 bits per heavy atom. The van der Waals surface area contributed by atoms with Crippen LogP contribution in [0, 0.1) is 5.92 Å². The van der Waals surface area contributed by atoms with Crippen LogP contribution in [0.15, 0.2) is 11.4 Å². The van der Waals surface area contributed by atoms with Crippen LogP contribution in [-0.4, -0.2) is 31.1 Å². The molecule has 2 heterocycles. The van der Waals surface area contributed by atoms with Crippen LogP contribution in [0.25, 0.3) is 0 Å². The molecule has 2 nitrogen and oxygen atoms in total. The monoisotopic (exact) mass is 264 g/mol. The number of nitrogens with one attached hydrogen (secondary N) is 1. The zero-order valence-electron chi connectivity index (χ0n) is 11.3. The second-order valence-electron chi connectivity index (χ2n) is 5.70. The minimum absolute atomic E-state index is 0.635. The molecule has 3 heteroatoms. The Kier molecular flexibility index (Phi) is 4.02. The number of aryl methyl sites for hydroxylation is 1. The van der Waals surface area contributed by atoms with Crippen LogP contribution in [0.2, 0.25) is 0 Å². The van der Waals surface area contributed by atoms with Gasteiger partial charge in [0.2, 0.25) is 0 Å². The third-order valence-electron chi connectivity index (χ3n) is 4.52. The molecule has 1 fully saturated rings. The Balaban J connectivity index is 1.53. The van der Waals surface area contributed by atoms with Gasteiger partial charge in [0.15, 0.2) is 0 Å². The molecule has 0 spiro atoms. The van der Waals surface area contributed by atoms with E-state index < -0.39 is 0 Å². The molecule has 2 aliphatic rings. The van der Waals surface area contributed by atoms with Crippen molar-refractivity contribution >= 4 is 11.3 Å². The standard InChI is InChI=1S/C15H24N2S/c1-2-17-8-6-12(11-17)10-16-14-4-3-5-15-13(14)7-9-18-15/h7,9,12,14,16H,2-6,8,10-11H2,1H3. The first-order valence-corrected chi connectivity index (χ1v) is 8.26. The first-order valence-electron chi connectivity index (χ1n) is 7.39. The number of fused-ring (bicyclic) bond motifs is 1. The number of rotatable bonds is 4. The lowest BCUT2D eigenvalue weighted by atomic mass is 9.93. The molecule has 18 heavy (non-hydrogen) atoms. The molecule has 1 N–H and O–H groups in total. The summed E-state index contributed by atoms with van der Waals surface area (Å²) in [5.74, 6) is 0.869. The fourth-order valence-corrected chi connectivity index (χ4v) is 4.36. The molecule has 0 aromatic carbocycles. The van der Waals surface area contributed by atoms with E-state index in [0.717, 1.165) is 5.92 Å². The quantitative estimate of drug-likeness (QED) is 0.899. The zero-order valence-corrected chi connectivity index (χ0v) is 12.1. The Morgan fingerprint density at radius 1 is 1.44 bits per heavy atom. The molecule has 0 amide bonds. The van der Waals surface area contributed by atoms with Gasteiger partial charge in [-0.2, -0.15) is 0 Å². The van der Waals surface area contributed by atoms with E-state index in [4.69, 9.17) is 0 Å². The normalized spacial score (nSPS) is 28.5. The average molecular weight is 264 g/mol. The molecule has 2 unspecified atom stereocenters. The van der Waals surface area contributed by atoms with Gasteiger partial charge in [0.25, 0.3) is 0 Å². The minimum atomic E-state index is 0.635. The van der Waals surface area contributed by atoms with Crippen molar-refractivity contribution in [1.82, 2.24) is 10.2 Å². The number of thiophene rings is 1. The minimum Gasteiger partial charge on any atom is -0.310 e. The molecule has 0 bridgehead atoms. The van der Waals surface area contributed by atoms with Gasteiger partial charge in [-0.25, -0.2) is 0 Å². The van der Waals surface area contributed by atoms with E-state index in [1.165, 1.54) is 51.9 Å². The van der Waals surface area contributed by atoms with Crippen molar-refractivity contribution in [2.75, 3.05) is 26.2 Å². The van der Waals surface area contributed by atoms with Crippen LogP contribution in [0.4, 0.5) is 0 Å². The zero-order chi connectivity index (χ0) is 12.4. The summed E-state index contributed by atoms with van der Waals surface area (Å²) in [6, 6.07) is 2.97. The Morgan fingerprint density at radius 2 is 2.39 bits per heavy atom. The van der Waals surface area contributed by atoms with Crippen molar-refractivity contribution in [3.63, 3.8) is 0 Å². The summed E-state index contributed by atoms with van der Waals surface area (Å²) in [5, 5.41) is 6.09. The van der Waals surface area contributed by atoms with E-state index >= 15 is 0 Å². The number of hydrogen-bond acceptors (Lipinski definition) is 3. The topological polar surface area (TPSA) is 15.3 Å². The van der Waals surface area contributed by atoms with Gasteiger partial charge in [0, 0.05) is 17.5 Å². The van der Waals surface area contributed by atoms with Gasteiger partial charge < -0.3 is 10.2 Å². The molecule has 1 aliphatic carbocycles. The van der Waals surface area contributed by atoms with Gasteiger partial charge in [-0.3, -0.25) is 0 Å². The van der Waals surface area contributed by atoms with Gasteiger partial charge >= 0.3 is 0 Å². The molecule has 3 rings (SSSR count). The van der Waals surface area contributed by atoms with E-state index in [0.29, 0.717) is 6.04 Å². The van der Waals surface area contributed by atoms with Crippen molar-refractivity contribution in [2.45, 2.75) is 38.6 Å². The van der Waals surface area contributed by atoms with E-state index in [-0.39, 0.29) is 0 Å². The van der Waals surface area contributed by atoms with E-state index in [1.54, 1.807) is 10.4 Å². The summed E-state index contributed by atoms with van der Waals surface area (Å²) >= 11 is 1.94. The highest BCUT2D eigenvalue weighted by atomic mass is 32.1. The first kappa shape index (κ1) is 12.6. The van der Waals surface area contributed by atoms with Crippen molar-refractivity contribution < 1.29 is 0 Å². The van der Waals surface area contributed by atoms with E-state index in [1.807, 2.05) is 11.3 Å². The maximum Gasteiger partial charge on any atom is 0.0331 e. The predicted molar refractivity (Wildman–Crippen MR) is 78.2 cm³/mol. The smallest absolute Gasteiger partial charge is 0.0331 e. The van der Waals surface area contributed by atoms with Crippen molar-refractivity contribution in [3.8, 4) is 0 Å². The molecule has 100 valence electrons. The highest BCUT2D eigenvalue weighted by Crippen LogP contribution is 2.33. The van der Waals surface area contributed by atoms with E-state index in [2.05, 4.69) is 28.6 Å². The maximum absolute atomic E-state index is 3.83. The fraction of sp³-hybridized carbons (Fsp3) is 0.733. The van der Waals surface area contributed by atoms with Crippen LogP contribution in [0.1, 0.15) is 42.7 Å². The molecular formula is C15H24N2S. The van der Waals surface area contributed by atoms with Crippen LogP contribution >= 0.6 is 11.3 Å². The fourth-order valence-electron chi connectivity index (χ4n) is 3.37. The first-order chi connectivity index (χ1) is 8.86. The van der Waals surface area contributed by atoms with Gasteiger partial charge in [0.05, 0.1) is 0 Å². The highest BCUT2D eigenvalue weighted by Gasteiger charge is 2.24. The molecule has 1 aromatic rings. The van der Waals surface area contributed by atoms with Crippen LogP contribution in [-0.2, 0) is 6.42 Å². The lowest BCUT2D eigenvalue weighted by Gasteiger charge is -2.25. The maximum atomic E-state index is 3.83. The lowest BCUT2D eigenvalue weighted by Crippen LogP contribution is -2.30. The summed E-state index contributed by atoms with van der Waals surface area (Å²) in [4.78, 5) is 4.20. The summed E-state index contributed by atoms with van der Waals surface area (Å²) in [6.07, 6.45) is 5.37. The third kappa shape index (κ3) is 2.63. The number of hydrogen-bond donors (Lipinski definition) is 1. The van der Waals surface area contributed by atoms with Gasteiger partial charge in [0.1, 0.15) is 0 Å². The summed E-state index contributed by atoms with van der Waals surface area (Å²) in [6.45, 7) is 7.30. The molecule has 1 saturated heterocycles. The van der Waals surface area contributed by atoms with Gasteiger partial charge in [-0.05, 0) is 68.2 Å². The third-order valence-corrected chi connectivity index (χ3v) is 5.52. The van der Waals surface area contributed by atoms with Crippen LogP contribution < -0.4 is 5.32 Å². The van der Waals surface area contributed by atoms with E-state index in [9.17, 15) is 0 Å². The molecule has 2 atom stereocenters. The average Bonchev–Trinajstić information content (AvgIpc) is 3.05. The SMILES string of the molecule is CCN1CCC(CNC2CCCc3sccc32)C1. The molecular weight excluding hydrogens is 240 g/mol. The van der Waals surface area contributed by atoms with Crippen molar-refractivity contribution in [3.05, 3.63) is 21.9 Å².